The molecule has 1 aromatic heterocycles. The number of para-hydroxylation sites is 1. The fourth-order valence-corrected chi connectivity index (χ4v) is 6.88. The average Bonchev–Trinajstić information content (AvgIpc) is 3.25. The summed E-state index contributed by atoms with van der Waals surface area (Å²) >= 11 is 5.27. The number of furan rings is 1. The van der Waals surface area contributed by atoms with E-state index in [1.807, 2.05) is 80.6 Å². The van der Waals surface area contributed by atoms with Crippen molar-refractivity contribution in [1.29, 1.82) is 0 Å². The lowest BCUT2D eigenvalue weighted by molar-refractivity contribution is -0.127. The smallest absolute Gasteiger partial charge is 0.250 e. The molecule has 0 fully saturated rings. The van der Waals surface area contributed by atoms with Crippen LogP contribution < -0.4 is 15.5 Å². The van der Waals surface area contributed by atoms with Gasteiger partial charge in [0, 0.05) is 40.1 Å². The van der Waals surface area contributed by atoms with Crippen LogP contribution in [0.15, 0.2) is 80.5 Å². The number of halogens is 1. The van der Waals surface area contributed by atoms with Gasteiger partial charge < -0.3 is 30.2 Å². The van der Waals surface area contributed by atoms with Crippen LogP contribution in [0.2, 0.25) is 0 Å². The molecule has 5 rings (SSSR count). The van der Waals surface area contributed by atoms with Gasteiger partial charge in [-0.15, -0.1) is 11.8 Å². The first kappa shape index (κ1) is 31.3. The molecule has 2 atom stereocenters. The van der Waals surface area contributed by atoms with Gasteiger partial charge in [0.15, 0.2) is 0 Å². The van der Waals surface area contributed by atoms with Crippen LogP contribution in [-0.2, 0) is 22.7 Å². The summed E-state index contributed by atoms with van der Waals surface area (Å²) < 4.78 is 6.97. The summed E-state index contributed by atoms with van der Waals surface area (Å²) in [6, 6.07) is 20.5. The maximum Gasteiger partial charge on any atom is 0.250 e. The second-order valence-corrected chi connectivity index (χ2v) is 13.4. The Labute approximate surface area is 264 Å². The minimum absolute atomic E-state index is 0.104. The van der Waals surface area contributed by atoms with Gasteiger partial charge in [0.25, 0.3) is 5.91 Å². The number of rotatable bonds is 10. The van der Waals surface area contributed by atoms with E-state index >= 15 is 0 Å². The van der Waals surface area contributed by atoms with E-state index in [1.54, 1.807) is 23.6 Å². The molecule has 0 bridgehead atoms. The molecule has 2 heterocycles. The Morgan fingerprint density at radius 3 is 2.67 bits per heavy atom. The number of anilines is 1. The molecule has 0 unspecified atom stereocenters. The molecule has 226 valence electrons. The third-order valence-electron chi connectivity index (χ3n) is 7.40. The SMILES string of the molecule is C[C@@H](O)CNC(C)(C)CC(=O)N[C@@H]1CSc2ccccc2N(Cc2ccc3oc(-c4ccccc4CO)c(Br)c3c2)C1=O. The summed E-state index contributed by atoms with van der Waals surface area (Å²) in [4.78, 5) is 29.8. The normalized spacial score (nSPS) is 16.2. The van der Waals surface area contributed by atoms with E-state index in [0.717, 1.165) is 37.1 Å². The number of hydrogen-bond acceptors (Lipinski definition) is 7. The van der Waals surface area contributed by atoms with Gasteiger partial charge >= 0.3 is 0 Å². The van der Waals surface area contributed by atoms with Gasteiger partial charge in [-0.25, -0.2) is 0 Å². The molecule has 1 aliphatic rings. The number of nitrogens with one attached hydrogen (secondary N) is 2. The lowest BCUT2D eigenvalue weighted by Gasteiger charge is -2.29. The maximum atomic E-state index is 14.0. The molecule has 0 saturated heterocycles. The van der Waals surface area contributed by atoms with Gasteiger partial charge in [-0.2, -0.15) is 0 Å². The number of aliphatic hydroxyl groups excluding tert-OH is 2. The molecular weight excluding hydrogens is 630 g/mol. The maximum absolute atomic E-state index is 14.0. The molecule has 0 aliphatic carbocycles. The number of nitrogens with zero attached hydrogens (tertiary/aromatic N) is 1. The second kappa shape index (κ2) is 13.2. The summed E-state index contributed by atoms with van der Waals surface area (Å²) in [5, 5.41) is 26.5. The quantitative estimate of drug-likeness (QED) is 0.174. The summed E-state index contributed by atoms with van der Waals surface area (Å²) in [5.74, 6) is 0.648. The van der Waals surface area contributed by atoms with Crippen molar-refractivity contribution in [1.82, 2.24) is 10.6 Å². The Morgan fingerprint density at radius 2 is 1.91 bits per heavy atom. The highest BCUT2D eigenvalue weighted by atomic mass is 79.9. The average molecular weight is 667 g/mol. The van der Waals surface area contributed by atoms with E-state index < -0.39 is 17.7 Å². The number of carbonyl (C=O) groups is 2. The highest BCUT2D eigenvalue weighted by Crippen LogP contribution is 2.40. The molecule has 4 aromatic rings. The zero-order valence-electron chi connectivity index (χ0n) is 24.4. The van der Waals surface area contributed by atoms with E-state index in [9.17, 15) is 19.8 Å². The standard InChI is InChI=1S/C33H36BrN3O5S/c1-20(39)16-35-33(2,3)15-29(40)36-25-19-43-28-11-7-6-10-26(28)37(32(25)41)17-21-12-13-27-24(14-21)30(34)31(42-27)23-9-5-4-8-22(23)18-38/h4-14,20,25,35,38-39H,15-19H2,1-3H3,(H,36,40)/t20-,25-/m1/s1. The monoisotopic (exact) mass is 665 g/mol. The number of hydrogen-bond donors (Lipinski definition) is 4. The molecule has 43 heavy (non-hydrogen) atoms. The topological polar surface area (TPSA) is 115 Å². The second-order valence-electron chi connectivity index (χ2n) is 11.5. The Morgan fingerprint density at radius 1 is 1.16 bits per heavy atom. The summed E-state index contributed by atoms with van der Waals surface area (Å²) in [6.45, 7) is 6.06. The Kier molecular flexibility index (Phi) is 9.63. The first-order valence-electron chi connectivity index (χ1n) is 14.2. The number of carbonyl (C=O) groups excluding carboxylic acids is 2. The first-order valence-corrected chi connectivity index (χ1v) is 16.0. The molecule has 3 aromatic carbocycles. The van der Waals surface area contributed by atoms with E-state index in [-0.39, 0.29) is 24.8 Å². The van der Waals surface area contributed by atoms with Crippen molar-refractivity contribution in [2.24, 2.45) is 0 Å². The lowest BCUT2D eigenvalue weighted by atomic mass is 9.99. The minimum Gasteiger partial charge on any atom is -0.455 e. The zero-order chi connectivity index (χ0) is 30.7. The van der Waals surface area contributed by atoms with E-state index in [2.05, 4.69) is 26.6 Å². The first-order chi connectivity index (χ1) is 20.6. The summed E-state index contributed by atoms with van der Waals surface area (Å²) in [5.41, 5.74) is 3.42. The van der Waals surface area contributed by atoms with Gasteiger partial charge in [0.1, 0.15) is 17.4 Å². The van der Waals surface area contributed by atoms with Crippen molar-refractivity contribution in [2.45, 2.75) is 62.9 Å². The predicted molar refractivity (Wildman–Crippen MR) is 174 cm³/mol. The summed E-state index contributed by atoms with van der Waals surface area (Å²) in [6.07, 6.45) is -0.368. The van der Waals surface area contributed by atoms with Crippen LogP contribution in [0, 0.1) is 0 Å². The zero-order valence-corrected chi connectivity index (χ0v) is 26.8. The number of benzene rings is 3. The van der Waals surface area contributed by atoms with Crippen LogP contribution >= 0.6 is 27.7 Å². The number of β-amino-alcohol motifs (C(OH)–C–C–N with tert-alkyl or cyclic N) is 1. The largest absolute Gasteiger partial charge is 0.455 e. The molecule has 4 N–H and O–H groups in total. The highest BCUT2D eigenvalue weighted by molar-refractivity contribution is 9.10. The van der Waals surface area contributed by atoms with Gasteiger partial charge in [-0.05, 0) is 72.1 Å². The highest BCUT2D eigenvalue weighted by Gasteiger charge is 2.33. The molecule has 8 nitrogen and oxygen atoms in total. The van der Waals surface area contributed by atoms with Crippen molar-refractivity contribution in [3.05, 3.63) is 82.3 Å². The molecule has 2 amide bonds. The van der Waals surface area contributed by atoms with Crippen LogP contribution in [0.3, 0.4) is 0 Å². The van der Waals surface area contributed by atoms with Crippen LogP contribution in [0.4, 0.5) is 5.69 Å². The minimum atomic E-state index is -0.705. The Bertz CT molecular complexity index is 1640. The van der Waals surface area contributed by atoms with Crippen molar-refractivity contribution in [3.63, 3.8) is 0 Å². The molecule has 0 spiro atoms. The van der Waals surface area contributed by atoms with Crippen LogP contribution in [0.5, 0.6) is 0 Å². The van der Waals surface area contributed by atoms with Gasteiger partial charge in [0.05, 0.1) is 29.4 Å². The third-order valence-corrected chi connectivity index (χ3v) is 9.35. The van der Waals surface area contributed by atoms with Crippen molar-refractivity contribution < 1.29 is 24.2 Å². The van der Waals surface area contributed by atoms with Crippen LogP contribution in [-0.4, -0.2) is 52.0 Å². The Hall–Kier alpha value is -3.15. The fourth-order valence-electron chi connectivity index (χ4n) is 5.20. The number of thioether (sulfide) groups is 1. The van der Waals surface area contributed by atoms with Crippen LogP contribution in [0.1, 0.15) is 38.3 Å². The van der Waals surface area contributed by atoms with Gasteiger partial charge in [-0.3, -0.25) is 9.59 Å². The Balaban J connectivity index is 1.41. The van der Waals surface area contributed by atoms with Crippen molar-refractivity contribution >= 4 is 56.2 Å². The van der Waals surface area contributed by atoms with E-state index in [0.29, 0.717) is 30.2 Å². The van der Waals surface area contributed by atoms with Crippen molar-refractivity contribution in [2.75, 3.05) is 17.2 Å². The van der Waals surface area contributed by atoms with Crippen LogP contribution in [0.25, 0.3) is 22.3 Å². The summed E-state index contributed by atoms with van der Waals surface area (Å²) in [7, 11) is 0. The molecule has 1 aliphatic heterocycles. The molecule has 0 saturated carbocycles. The third kappa shape index (κ3) is 7.16. The fraction of sp³-hybridized carbons (Fsp3) is 0.333. The number of aliphatic hydroxyl groups is 2. The number of amides is 2. The molecule has 0 radical (unpaired) electrons. The number of fused-ring (bicyclic) bond motifs is 2. The molecule has 10 heteroatoms. The predicted octanol–water partition coefficient (Wildman–Crippen LogP) is 5.62. The van der Waals surface area contributed by atoms with Gasteiger partial charge in [0.2, 0.25) is 5.91 Å². The van der Waals surface area contributed by atoms with E-state index in [1.165, 1.54) is 0 Å². The molecular formula is C33H36BrN3O5S. The van der Waals surface area contributed by atoms with Crippen molar-refractivity contribution in [3.8, 4) is 11.3 Å². The van der Waals surface area contributed by atoms with E-state index in [4.69, 9.17) is 4.42 Å². The van der Waals surface area contributed by atoms with Gasteiger partial charge in [-0.1, -0.05) is 42.5 Å². The lowest BCUT2D eigenvalue weighted by Crippen LogP contribution is -2.52.